The molecule has 0 atom stereocenters. The van der Waals surface area contributed by atoms with Crippen molar-refractivity contribution in [2.45, 2.75) is 26.8 Å². The Kier molecular flexibility index (Phi) is 6.57. The molecule has 0 saturated carbocycles. The van der Waals surface area contributed by atoms with Crippen molar-refractivity contribution in [3.63, 3.8) is 0 Å². The van der Waals surface area contributed by atoms with Crippen LogP contribution in [-0.2, 0) is 4.74 Å². The van der Waals surface area contributed by atoms with Crippen LogP contribution >= 0.6 is 0 Å². The van der Waals surface area contributed by atoms with E-state index in [-0.39, 0.29) is 11.7 Å². The molecule has 0 fully saturated rings. The van der Waals surface area contributed by atoms with Crippen molar-refractivity contribution in [3.05, 3.63) is 15.8 Å². The summed E-state index contributed by atoms with van der Waals surface area (Å²) in [7, 11) is 3.96. The maximum absolute atomic E-state index is 11.2. The summed E-state index contributed by atoms with van der Waals surface area (Å²) in [4.78, 5) is 12.8. The van der Waals surface area contributed by atoms with Gasteiger partial charge in [-0.15, -0.1) is 0 Å². The molecule has 0 spiro atoms. The molecule has 0 saturated heterocycles. The van der Waals surface area contributed by atoms with Gasteiger partial charge in [0.2, 0.25) is 5.82 Å². The zero-order valence-electron chi connectivity index (χ0n) is 13.4. The summed E-state index contributed by atoms with van der Waals surface area (Å²) in [6.45, 7) is 8.02. The minimum absolute atomic E-state index is 0.0389. The van der Waals surface area contributed by atoms with E-state index in [1.807, 2.05) is 32.8 Å². The molecular formula is C13H25N5O3. The smallest absolute Gasteiger partial charge is 0.333 e. The van der Waals surface area contributed by atoms with Crippen LogP contribution in [0.3, 0.4) is 0 Å². The molecule has 1 aromatic heterocycles. The predicted molar refractivity (Wildman–Crippen MR) is 81.9 cm³/mol. The molecule has 0 aliphatic carbocycles. The van der Waals surface area contributed by atoms with Crippen LogP contribution in [0.2, 0.25) is 0 Å². The zero-order chi connectivity index (χ0) is 16.0. The topological polar surface area (TPSA) is 85.5 Å². The molecule has 8 nitrogen and oxygen atoms in total. The van der Waals surface area contributed by atoms with Gasteiger partial charge < -0.3 is 15.0 Å². The molecule has 0 bridgehead atoms. The molecule has 1 rings (SSSR count). The van der Waals surface area contributed by atoms with Gasteiger partial charge in [-0.25, -0.2) is 4.68 Å². The lowest BCUT2D eigenvalue weighted by Gasteiger charge is -2.13. The number of nitrogens with one attached hydrogen (secondary N) is 1. The Morgan fingerprint density at radius 2 is 2.10 bits per heavy atom. The van der Waals surface area contributed by atoms with Crippen molar-refractivity contribution >= 4 is 11.5 Å². The minimum atomic E-state index is -0.392. The molecule has 120 valence electrons. The summed E-state index contributed by atoms with van der Waals surface area (Å²) < 4.78 is 7.12. The molecule has 0 aliphatic rings. The summed E-state index contributed by atoms with van der Waals surface area (Å²) in [6.07, 6.45) is 0. The van der Waals surface area contributed by atoms with E-state index < -0.39 is 4.92 Å². The summed E-state index contributed by atoms with van der Waals surface area (Å²) in [5.41, 5.74) is 0.460. The number of aromatic nitrogens is 2. The van der Waals surface area contributed by atoms with Crippen LogP contribution in [0.5, 0.6) is 0 Å². The first kappa shape index (κ1) is 17.4. The highest BCUT2D eigenvalue weighted by atomic mass is 16.6. The molecule has 0 amide bonds. The first-order chi connectivity index (χ1) is 9.84. The Hall–Kier alpha value is -1.67. The molecule has 0 radical (unpaired) electrons. The van der Waals surface area contributed by atoms with Crippen LogP contribution in [0.25, 0.3) is 0 Å². The molecule has 8 heteroatoms. The molecule has 21 heavy (non-hydrogen) atoms. The Morgan fingerprint density at radius 3 is 2.62 bits per heavy atom. The molecule has 0 aromatic carbocycles. The second-order valence-electron chi connectivity index (χ2n) is 5.42. The third-order valence-electron chi connectivity index (χ3n) is 2.95. The molecule has 1 heterocycles. The van der Waals surface area contributed by atoms with Gasteiger partial charge >= 0.3 is 5.69 Å². The molecule has 1 aromatic rings. The van der Waals surface area contributed by atoms with Crippen molar-refractivity contribution in [2.24, 2.45) is 0 Å². The Morgan fingerprint density at radius 1 is 1.43 bits per heavy atom. The van der Waals surface area contributed by atoms with Crippen molar-refractivity contribution < 1.29 is 9.66 Å². The van der Waals surface area contributed by atoms with E-state index in [2.05, 4.69) is 10.4 Å². The van der Waals surface area contributed by atoms with Gasteiger partial charge in [0.15, 0.2) is 0 Å². The highest BCUT2D eigenvalue weighted by Crippen LogP contribution is 2.30. The second kappa shape index (κ2) is 7.94. The van der Waals surface area contributed by atoms with Crippen molar-refractivity contribution in [3.8, 4) is 0 Å². The lowest BCUT2D eigenvalue weighted by molar-refractivity contribution is -0.384. The Labute approximate surface area is 125 Å². The number of rotatable bonds is 9. The largest absolute Gasteiger partial charge is 0.378 e. The molecule has 1 N–H and O–H groups in total. The van der Waals surface area contributed by atoms with Gasteiger partial charge in [0, 0.05) is 19.1 Å². The third kappa shape index (κ3) is 4.98. The SMILES string of the molecule is Cc1nn(C(C)C)c(NCCOCCN(C)C)c1[N+](=O)[O-]. The van der Waals surface area contributed by atoms with E-state index in [4.69, 9.17) is 4.74 Å². The molecule has 0 unspecified atom stereocenters. The number of likely N-dealkylation sites (N-methyl/N-ethyl adjacent to an activating group) is 1. The standard InChI is InChI=1S/C13H25N5O3/c1-10(2)17-13(12(18(19)20)11(3)15-17)14-6-8-21-9-7-16(4)5/h10,14H,6-9H2,1-5H3. The number of aryl methyl sites for hydroxylation is 1. The summed E-state index contributed by atoms with van der Waals surface area (Å²) in [5, 5.41) is 18.5. The van der Waals surface area contributed by atoms with Crippen molar-refractivity contribution in [1.29, 1.82) is 0 Å². The van der Waals surface area contributed by atoms with E-state index in [1.165, 1.54) is 0 Å². The van der Waals surface area contributed by atoms with Gasteiger partial charge in [0.25, 0.3) is 0 Å². The average Bonchev–Trinajstić information content (AvgIpc) is 2.70. The van der Waals surface area contributed by atoms with Crippen LogP contribution in [0.15, 0.2) is 0 Å². The van der Waals surface area contributed by atoms with Gasteiger partial charge in [-0.1, -0.05) is 0 Å². The van der Waals surface area contributed by atoms with Gasteiger partial charge in [0.1, 0.15) is 5.69 Å². The van der Waals surface area contributed by atoms with E-state index >= 15 is 0 Å². The molecular weight excluding hydrogens is 274 g/mol. The number of anilines is 1. The molecule has 0 aliphatic heterocycles. The van der Waals surface area contributed by atoms with Crippen LogP contribution in [-0.4, -0.2) is 60.0 Å². The Bertz CT molecular complexity index is 471. The van der Waals surface area contributed by atoms with E-state index in [0.29, 0.717) is 31.3 Å². The highest BCUT2D eigenvalue weighted by molar-refractivity contribution is 5.59. The van der Waals surface area contributed by atoms with Gasteiger partial charge in [-0.2, -0.15) is 5.10 Å². The number of hydrogen-bond donors (Lipinski definition) is 1. The lowest BCUT2D eigenvalue weighted by atomic mass is 10.3. The zero-order valence-corrected chi connectivity index (χ0v) is 13.4. The third-order valence-corrected chi connectivity index (χ3v) is 2.95. The second-order valence-corrected chi connectivity index (χ2v) is 5.42. The number of ether oxygens (including phenoxy) is 1. The monoisotopic (exact) mass is 299 g/mol. The maximum Gasteiger partial charge on any atom is 0.333 e. The van der Waals surface area contributed by atoms with Crippen LogP contribution in [0.4, 0.5) is 11.5 Å². The maximum atomic E-state index is 11.2. The van der Waals surface area contributed by atoms with Crippen LogP contribution in [0, 0.1) is 17.0 Å². The number of nitro groups is 1. The normalized spacial score (nSPS) is 11.4. The predicted octanol–water partition coefficient (Wildman–Crippen LogP) is 1.67. The van der Waals surface area contributed by atoms with Crippen LogP contribution in [0.1, 0.15) is 25.6 Å². The van der Waals surface area contributed by atoms with Crippen LogP contribution < -0.4 is 5.32 Å². The summed E-state index contributed by atoms with van der Waals surface area (Å²) in [6, 6.07) is 0.0505. The van der Waals surface area contributed by atoms with E-state index in [1.54, 1.807) is 11.6 Å². The van der Waals surface area contributed by atoms with E-state index in [0.717, 1.165) is 6.54 Å². The van der Waals surface area contributed by atoms with Gasteiger partial charge in [-0.05, 0) is 34.9 Å². The van der Waals surface area contributed by atoms with Crippen molar-refractivity contribution in [2.75, 3.05) is 45.7 Å². The van der Waals surface area contributed by atoms with E-state index in [9.17, 15) is 10.1 Å². The van der Waals surface area contributed by atoms with Gasteiger partial charge in [-0.3, -0.25) is 10.1 Å². The van der Waals surface area contributed by atoms with Gasteiger partial charge in [0.05, 0.1) is 18.1 Å². The number of nitrogens with zero attached hydrogens (tertiary/aromatic N) is 4. The fourth-order valence-corrected chi connectivity index (χ4v) is 1.89. The highest BCUT2D eigenvalue weighted by Gasteiger charge is 2.26. The first-order valence-electron chi connectivity index (χ1n) is 7.04. The van der Waals surface area contributed by atoms with Crippen molar-refractivity contribution in [1.82, 2.24) is 14.7 Å². The summed E-state index contributed by atoms with van der Waals surface area (Å²) >= 11 is 0. The number of hydrogen-bond acceptors (Lipinski definition) is 6. The fraction of sp³-hybridized carbons (Fsp3) is 0.769. The fourth-order valence-electron chi connectivity index (χ4n) is 1.89. The lowest BCUT2D eigenvalue weighted by Crippen LogP contribution is -2.20. The first-order valence-corrected chi connectivity index (χ1v) is 7.04. The average molecular weight is 299 g/mol. The Balaban J connectivity index is 2.62. The minimum Gasteiger partial charge on any atom is -0.378 e. The quantitative estimate of drug-likeness (QED) is 0.424. The summed E-state index contributed by atoms with van der Waals surface area (Å²) in [5.74, 6) is 0.448.